The average Bonchev–Trinajstić information content (AvgIpc) is 2.66. The van der Waals surface area contributed by atoms with Crippen molar-refractivity contribution in [2.45, 2.75) is 12.5 Å². The number of hydrogen-bond acceptors (Lipinski definition) is 3. The zero-order valence-corrected chi connectivity index (χ0v) is 7.79. The Morgan fingerprint density at radius 1 is 1.50 bits per heavy atom. The summed E-state index contributed by atoms with van der Waals surface area (Å²) < 4.78 is 18.3. The van der Waals surface area contributed by atoms with Crippen LogP contribution in [0.3, 0.4) is 0 Å². The zero-order chi connectivity index (χ0) is 9.97. The lowest BCUT2D eigenvalue weighted by Crippen LogP contribution is -2.19. The molecule has 14 heavy (non-hydrogen) atoms. The number of benzene rings is 1. The van der Waals surface area contributed by atoms with Crippen LogP contribution in [0.5, 0.6) is 0 Å². The van der Waals surface area contributed by atoms with Crippen LogP contribution in [-0.4, -0.2) is 19.3 Å². The quantitative estimate of drug-likeness (QED) is 0.706. The van der Waals surface area contributed by atoms with Crippen LogP contribution in [0.2, 0.25) is 0 Å². The Morgan fingerprint density at radius 3 is 3.07 bits per heavy atom. The molecule has 0 aromatic heterocycles. The molecule has 1 aliphatic rings. The molecule has 1 atom stereocenters. The zero-order valence-electron chi connectivity index (χ0n) is 7.79. The van der Waals surface area contributed by atoms with Gasteiger partial charge in [-0.15, -0.1) is 0 Å². The molecular formula is C10H13FN2O. The van der Waals surface area contributed by atoms with E-state index in [9.17, 15) is 4.39 Å². The first-order valence-electron chi connectivity index (χ1n) is 4.65. The molecule has 1 aromatic carbocycles. The summed E-state index contributed by atoms with van der Waals surface area (Å²) in [6.45, 7) is 1.42. The van der Waals surface area contributed by atoms with Crippen LogP contribution < -0.4 is 11.1 Å². The van der Waals surface area contributed by atoms with Crippen molar-refractivity contribution >= 4 is 11.4 Å². The summed E-state index contributed by atoms with van der Waals surface area (Å²) in [4.78, 5) is 0. The van der Waals surface area contributed by atoms with E-state index in [0.717, 1.165) is 13.0 Å². The molecular weight excluding hydrogens is 183 g/mol. The number of para-hydroxylation sites is 1. The van der Waals surface area contributed by atoms with Crippen molar-refractivity contribution in [1.29, 1.82) is 0 Å². The van der Waals surface area contributed by atoms with Crippen molar-refractivity contribution in [3.05, 3.63) is 24.0 Å². The minimum Gasteiger partial charge on any atom is -0.395 e. The minimum absolute atomic E-state index is 0.180. The summed E-state index contributed by atoms with van der Waals surface area (Å²) in [7, 11) is 0. The van der Waals surface area contributed by atoms with E-state index >= 15 is 0 Å². The van der Waals surface area contributed by atoms with Crippen molar-refractivity contribution in [3.8, 4) is 0 Å². The van der Waals surface area contributed by atoms with Gasteiger partial charge in [0, 0.05) is 6.61 Å². The van der Waals surface area contributed by atoms with Gasteiger partial charge < -0.3 is 15.8 Å². The van der Waals surface area contributed by atoms with Crippen molar-refractivity contribution < 1.29 is 9.13 Å². The van der Waals surface area contributed by atoms with E-state index < -0.39 is 0 Å². The molecule has 1 unspecified atom stereocenters. The van der Waals surface area contributed by atoms with Gasteiger partial charge in [-0.1, -0.05) is 6.07 Å². The molecule has 2 rings (SSSR count). The molecule has 4 heteroatoms. The second-order valence-corrected chi connectivity index (χ2v) is 3.41. The SMILES string of the molecule is Nc1c(F)cccc1NC1CCOC1. The number of hydrogen-bond donors (Lipinski definition) is 2. The molecule has 76 valence electrons. The number of nitrogens with two attached hydrogens (primary N) is 1. The van der Waals surface area contributed by atoms with Crippen LogP contribution >= 0.6 is 0 Å². The van der Waals surface area contributed by atoms with E-state index in [0.29, 0.717) is 12.3 Å². The molecule has 1 heterocycles. The van der Waals surface area contributed by atoms with Crippen LogP contribution in [0.1, 0.15) is 6.42 Å². The number of ether oxygens (including phenoxy) is 1. The molecule has 0 radical (unpaired) electrons. The molecule has 1 saturated heterocycles. The first-order chi connectivity index (χ1) is 6.77. The van der Waals surface area contributed by atoms with E-state index in [1.165, 1.54) is 6.07 Å². The Hall–Kier alpha value is -1.29. The summed E-state index contributed by atoms with van der Waals surface area (Å²) in [6.07, 6.45) is 0.940. The summed E-state index contributed by atoms with van der Waals surface area (Å²) in [5.41, 5.74) is 6.42. The number of nitrogens with one attached hydrogen (secondary N) is 1. The van der Waals surface area contributed by atoms with Crippen LogP contribution in [-0.2, 0) is 4.74 Å². The largest absolute Gasteiger partial charge is 0.395 e. The molecule has 0 spiro atoms. The fourth-order valence-corrected chi connectivity index (χ4v) is 1.53. The van der Waals surface area contributed by atoms with Gasteiger partial charge in [0.15, 0.2) is 0 Å². The fourth-order valence-electron chi connectivity index (χ4n) is 1.53. The number of rotatable bonds is 2. The van der Waals surface area contributed by atoms with Gasteiger partial charge in [0.2, 0.25) is 0 Å². The number of halogens is 1. The van der Waals surface area contributed by atoms with Crippen molar-refractivity contribution in [3.63, 3.8) is 0 Å². The maximum absolute atomic E-state index is 13.1. The molecule has 1 aromatic rings. The van der Waals surface area contributed by atoms with Gasteiger partial charge >= 0.3 is 0 Å². The van der Waals surface area contributed by atoms with Gasteiger partial charge in [0.05, 0.1) is 24.0 Å². The predicted octanol–water partition coefficient (Wildman–Crippen LogP) is 1.61. The van der Waals surface area contributed by atoms with E-state index in [2.05, 4.69) is 5.32 Å². The molecule has 0 bridgehead atoms. The summed E-state index contributed by atoms with van der Waals surface area (Å²) in [5, 5.41) is 3.16. The van der Waals surface area contributed by atoms with Crippen LogP contribution in [0.4, 0.5) is 15.8 Å². The smallest absolute Gasteiger partial charge is 0.148 e. The molecule has 0 saturated carbocycles. The lowest BCUT2D eigenvalue weighted by atomic mass is 10.2. The maximum atomic E-state index is 13.1. The third kappa shape index (κ3) is 1.80. The topological polar surface area (TPSA) is 47.3 Å². The van der Waals surface area contributed by atoms with Gasteiger partial charge in [0.25, 0.3) is 0 Å². The molecule has 3 N–H and O–H groups in total. The van der Waals surface area contributed by atoms with E-state index in [1.54, 1.807) is 12.1 Å². The van der Waals surface area contributed by atoms with E-state index in [4.69, 9.17) is 10.5 Å². The molecule has 0 aliphatic carbocycles. The number of anilines is 2. The van der Waals surface area contributed by atoms with Crippen LogP contribution in [0.15, 0.2) is 18.2 Å². The monoisotopic (exact) mass is 196 g/mol. The third-order valence-electron chi connectivity index (χ3n) is 2.34. The van der Waals surface area contributed by atoms with Crippen molar-refractivity contribution in [2.75, 3.05) is 24.3 Å². The second kappa shape index (κ2) is 3.84. The van der Waals surface area contributed by atoms with Crippen LogP contribution in [0.25, 0.3) is 0 Å². The highest BCUT2D eigenvalue weighted by Crippen LogP contribution is 2.23. The van der Waals surface area contributed by atoms with Gasteiger partial charge in [-0.3, -0.25) is 0 Å². The molecule has 1 fully saturated rings. The van der Waals surface area contributed by atoms with Gasteiger partial charge in [0.1, 0.15) is 5.82 Å². The molecule has 0 amide bonds. The van der Waals surface area contributed by atoms with Crippen LogP contribution in [0, 0.1) is 5.82 Å². The Balaban J connectivity index is 2.11. The standard InChI is InChI=1S/C10H13FN2O/c11-8-2-1-3-9(10(8)12)13-7-4-5-14-6-7/h1-3,7,13H,4-6,12H2. The summed E-state index contributed by atoms with van der Waals surface area (Å²) in [6, 6.07) is 5.02. The van der Waals surface area contributed by atoms with Gasteiger partial charge in [-0.25, -0.2) is 4.39 Å². The molecule has 1 aliphatic heterocycles. The highest BCUT2D eigenvalue weighted by molar-refractivity contribution is 5.66. The maximum Gasteiger partial charge on any atom is 0.148 e. The highest BCUT2D eigenvalue weighted by Gasteiger charge is 2.16. The lowest BCUT2D eigenvalue weighted by Gasteiger charge is -2.14. The first kappa shape index (κ1) is 9.27. The predicted molar refractivity (Wildman–Crippen MR) is 53.7 cm³/mol. The Labute approximate surface area is 82.1 Å². The fraction of sp³-hybridized carbons (Fsp3) is 0.400. The number of nitrogen functional groups attached to an aromatic ring is 1. The normalized spacial score (nSPS) is 21.1. The average molecular weight is 196 g/mol. The second-order valence-electron chi connectivity index (χ2n) is 3.41. The highest BCUT2D eigenvalue weighted by atomic mass is 19.1. The lowest BCUT2D eigenvalue weighted by molar-refractivity contribution is 0.195. The van der Waals surface area contributed by atoms with E-state index in [-0.39, 0.29) is 17.5 Å². The third-order valence-corrected chi connectivity index (χ3v) is 2.34. The Morgan fingerprint density at radius 2 is 2.36 bits per heavy atom. The van der Waals surface area contributed by atoms with Crippen molar-refractivity contribution in [1.82, 2.24) is 0 Å². The summed E-state index contributed by atoms with van der Waals surface area (Å²) >= 11 is 0. The Kier molecular flexibility index (Phi) is 2.54. The van der Waals surface area contributed by atoms with Gasteiger partial charge in [-0.2, -0.15) is 0 Å². The van der Waals surface area contributed by atoms with Crippen molar-refractivity contribution in [2.24, 2.45) is 0 Å². The van der Waals surface area contributed by atoms with E-state index in [1.807, 2.05) is 0 Å². The van der Waals surface area contributed by atoms with Gasteiger partial charge in [-0.05, 0) is 18.6 Å². The summed E-state index contributed by atoms with van der Waals surface area (Å²) in [5.74, 6) is -0.381. The first-order valence-corrected chi connectivity index (χ1v) is 4.65. The molecule has 3 nitrogen and oxygen atoms in total. The Bertz CT molecular complexity index is 324. The minimum atomic E-state index is -0.381.